The van der Waals surface area contributed by atoms with Crippen molar-refractivity contribution in [2.24, 2.45) is 0 Å². The number of piperidine rings is 1. The molecule has 0 saturated carbocycles. The summed E-state index contributed by atoms with van der Waals surface area (Å²) >= 11 is 12.5. The summed E-state index contributed by atoms with van der Waals surface area (Å²) in [6.07, 6.45) is 4.70. The summed E-state index contributed by atoms with van der Waals surface area (Å²) in [5, 5.41) is 0.450. The molecule has 128 valence electrons. The Hall–Kier alpha value is -1.38. The fraction of sp³-hybridized carbons (Fsp3) is 0.467. The number of ether oxygens (including phenoxy) is 1. The quantitative estimate of drug-likeness (QED) is 0.738. The van der Waals surface area contributed by atoms with Gasteiger partial charge in [-0.25, -0.2) is 0 Å². The molecule has 0 aliphatic carbocycles. The molecular formula is C15H16ClN3O3S2. The molecule has 0 spiro atoms. The molecule has 0 bridgehead atoms. The molecule has 2 amide bonds. The number of rotatable bonds is 4. The van der Waals surface area contributed by atoms with Crippen LogP contribution in [-0.4, -0.2) is 62.4 Å². The summed E-state index contributed by atoms with van der Waals surface area (Å²) < 4.78 is 6.38. The van der Waals surface area contributed by atoms with Gasteiger partial charge < -0.3 is 9.64 Å². The number of thioether (sulfide) groups is 1. The predicted octanol–water partition coefficient (Wildman–Crippen LogP) is 1.97. The highest BCUT2D eigenvalue weighted by Gasteiger charge is 2.32. The topological polar surface area (TPSA) is 62.7 Å². The second-order valence-electron chi connectivity index (χ2n) is 5.56. The van der Waals surface area contributed by atoms with Crippen LogP contribution in [0.5, 0.6) is 5.75 Å². The zero-order chi connectivity index (χ0) is 17.1. The summed E-state index contributed by atoms with van der Waals surface area (Å²) in [4.78, 5) is 31.3. The van der Waals surface area contributed by atoms with Crippen LogP contribution < -0.4 is 4.74 Å². The van der Waals surface area contributed by atoms with Gasteiger partial charge in [-0.05, 0) is 12.8 Å². The Morgan fingerprint density at radius 1 is 1.54 bits per heavy atom. The third-order valence-corrected chi connectivity index (χ3v) is 5.61. The predicted molar refractivity (Wildman–Crippen MR) is 96.2 cm³/mol. The van der Waals surface area contributed by atoms with Crippen LogP contribution in [0, 0.1) is 0 Å². The van der Waals surface area contributed by atoms with Gasteiger partial charge in [-0.3, -0.25) is 19.5 Å². The molecule has 24 heavy (non-hydrogen) atoms. The number of likely N-dealkylation sites (tertiary alicyclic amines) is 1. The number of aromatic nitrogens is 1. The fourth-order valence-electron chi connectivity index (χ4n) is 2.67. The van der Waals surface area contributed by atoms with E-state index >= 15 is 0 Å². The SMILES string of the molecule is O=C(CN1C(=O)CSC1=S)N1CCCC(Oc2ccncc2Cl)C1. The zero-order valence-electron chi connectivity index (χ0n) is 12.8. The Kier molecular flexibility index (Phi) is 5.57. The van der Waals surface area contributed by atoms with Gasteiger partial charge in [0, 0.05) is 25.0 Å². The zero-order valence-corrected chi connectivity index (χ0v) is 15.2. The van der Waals surface area contributed by atoms with Crippen molar-refractivity contribution in [2.75, 3.05) is 25.4 Å². The van der Waals surface area contributed by atoms with E-state index in [0.717, 1.165) is 12.8 Å². The molecule has 3 rings (SSSR count). The van der Waals surface area contributed by atoms with Crippen LogP contribution in [0.1, 0.15) is 12.8 Å². The number of carbonyl (C=O) groups is 2. The smallest absolute Gasteiger partial charge is 0.242 e. The second kappa shape index (κ2) is 7.67. The standard InChI is InChI=1S/C15H16ClN3O3S2/c16-11-6-17-4-3-12(11)22-10-2-1-5-18(7-10)13(20)8-19-14(21)9-24-15(19)23/h3-4,6,10H,1-2,5,7-9H2. The van der Waals surface area contributed by atoms with Gasteiger partial charge in [0.05, 0.1) is 12.3 Å². The molecule has 1 aromatic rings. The number of carbonyl (C=O) groups excluding carboxylic acids is 2. The van der Waals surface area contributed by atoms with Crippen molar-refractivity contribution in [1.29, 1.82) is 0 Å². The van der Waals surface area contributed by atoms with E-state index in [9.17, 15) is 9.59 Å². The first-order valence-corrected chi connectivity index (χ1v) is 9.33. The Balaban J connectivity index is 1.59. The van der Waals surface area contributed by atoms with Crippen LogP contribution in [-0.2, 0) is 9.59 Å². The lowest BCUT2D eigenvalue weighted by atomic mass is 10.1. The second-order valence-corrected chi connectivity index (χ2v) is 7.58. The van der Waals surface area contributed by atoms with Gasteiger partial charge in [-0.1, -0.05) is 35.6 Å². The van der Waals surface area contributed by atoms with Crippen LogP contribution in [0.15, 0.2) is 18.5 Å². The average molecular weight is 386 g/mol. The number of amides is 2. The minimum absolute atomic E-state index is 0.00734. The Morgan fingerprint density at radius 2 is 2.38 bits per heavy atom. The van der Waals surface area contributed by atoms with Crippen molar-refractivity contribution in [2.45, 2.75) is 18.9 Å². The van der Waals surface area contributed by atoms with E-state index in [1.54, 1.807) is 17.2 Å². The van der Waals surface area contributed by atoms with Gasteiger partial charge in [-0.2, -0.15) is 0 Å². The normalized spacial score (nSPS) is 21.3. The molecule has 2 saturated heterocycles. The van der Waals surface area contributed by atoms with E-state index < -0.39 is 0 Å². The molecular weight excluding hydrogens is 370 g/mol. The highest BCUT2D eigenvalue weighted by molar-refractivity contribution is 8.23. The van der Waals surface area contributed by atoms with Crippen molar-refractivity contribution in [3.63, 3.8) is 0 Å². The van der Waals surface area contributed by atoms with Crippen LogP contribution in [0.4, 0.5) is 0 Å². The summed E-state index contributed by atoms with van der Waals surface area (Å²) in [5.74, 6) is 0.672. The van der Waals surface area contributed by atoms with Crippen molar-refractivity contribution < 1.29 is 14.3 Å². The first kappa shape index (κ1) is 17.4. The number of hydrogen-bond donors (Lipinski definition) is 0. The van der Waals surface area contributed by atoms with E-state index in [0.29, 0.717) is 33.9 Å². The molecule has 2 aliphatic rings. The Morgan fingerprint density at radius 3 is 3.08 bits per heavy atom. The van der Waals surface area contributed by atoms with Crippen molar-refractivity contribution >= 4 is 51.7 Å². The summed E-state index contributed by atoms with van der Waals surface area (Å²) in [7, 11) is 0. The molecule has 6 nitrogen and oxygen atoms in total. The number of thiocarbonyl (C=S) groups is 1. The van der Waals surface area contributed by atoms with Crippen LogP contribution in [0.2, 0.25) is 5.02 Å². The monoisotopic (exact) mass is 385 g/mol. The maximum atomic E-state index is 12.5. The van der Waals surface area contributed by atoms with Crippen LogP contribution in [0.3, 0.4) is 0 Å². The molecule has 0 radical (unpaired) electrons. The van der Waals surface area contributed by atoms with E-state index in [-0.39, 0.29) is 24.5 Å². The Labute approximate surface area is 154 Å². The van der Waals surface area contributed by atoms with E-state index in [1.165, 1.54) is 22.9 Å². The number of hydrogen-bond acceptors (Lipinski definition) is 6. The van der Waals surface area contributed by atoms with Gasteiger partial charge in [-0.15, -0.1) is 0 Å². The third-order valence-electron chi connectivity index (χ3n) is 3.89. The lowest BCUT2D eigenvalue weighted by molar-refractivity contribution is -0.137. The molecule has 1 unspecified atom stereocenters. The fourth-order valence-corrected chi connectivity index (χ4v) is 3.90. The molecule has 3 heterocycles. The molecule has 2 fully saturated rings. The number of halogens is 1. The lowest BCUT2D eigenvalue weighted by Gasteiger charge is -2.33. The lowest BCUT2D eigenvalue weighted by Crippen LogP contribution is -2.48. The maximum absolute atomic E-state index is 12.5. The van der Waals surface area contributed by atoms with Gasteiger partial charge >= 0.3 is 0 Å². The highest BCUT2D eigenvalue weighted by Crippen LogP contribution is 2.26. The molecule has 1 atom stereocenters. The molecule has 1 aromatic heterocycles. The Bertz CT molecular complexity index is 657. The van der Waals surface area contributed by atoms with Gasteiger partial charge in [0.15, 0.2) is 0 Å². The molecule has 9 heteroatoms. The van der Waals surface area contributed by atoms with Crippen molar-refractivity contribution in [1.82, 2.24) is 14.8 Å². The first-order chi connectivity index (χ1) is 11.5. The van der Waals surface area contributed by atoms with Crippen LogP contribution in [0.25, 0.3) is 0 Å². The largest absolute Gasteiger partial charge is 0.487 e. The average Bonchev–Trinajstić information content (AvgIpc) is 2.89. The molecule has 2 aliphatic heterocycles. The molecule has 0 aromatic carbocycles. The van der Waals surface area contributed by atoms with Gasteiger partial charge in [0.25, 0.3) is 0 Å². The third kappa shape index (κ3) is 3.99. The van der Waals surface area contributed by atoms with Gasteiger partial charge in [0.2, 0.25) is 11.8 Å². The minimum atomic E-state index is -0.127. The number of pyridine rings is 1. The van der Waals surface area contributed by atoms with Crippen molar-refractivity contribution in [3.05, 3.63) is 23.5 Å². The summed E-state index contributed by atoms with van der Waals surface area (Å²) in [6.45, 7) is 1.14. The number of nitrogens with zero attached hydrogens (tertiary/aromatic N) is 3. The van der Waals surface area contributed by atoms with Gasteiger partial charge in [0.1, 0.15) is 27.7 Å². The van der Waals surface area contributed by atoms with E-state index in [4.69, 9.17) is 28.6 Å². The van der Waals surface area contributed by atoms with E-state index in [1.807, 2.05) is 0 Å². The summed E-state index contributed by atoms with van der Waals surface area (Å²) in [6, 6.07) is 1.71. The molecule has 0 N–H and O–H groups in total. The highest BCUT2D eigenvalue weighted by atomic mass is 35.5. The van der Waals surface area contributed by atoms with Crippen LogP contribution >= 0.6 is 35.6 Å². The first-order valence-electron chi connectivity index (χ1n) is 7.55. The summed E-state index contributed by atoms with van der Waals surface area (Å²) in [5.41, 5.74) is 0. The minimum Gasteiger partial charge on any atom is -0.487 e. The maximum Gasteiger partial charge on any atom is 0.242 e. The van der Waals surface area contributed by atoms with E-state index in [2.05, 4.69) is 4.98 Å². The van der Waals surface area contributed by atoms with Crippen molar-refractivity contribution in [3.8, 4) is 5.75 Å².